The summed E-state index contributed by atoms with van der Waals surface area (Å²) >= 11 is 0. The molecule has 0 spiro atoms. The normalized spacial score (nSPS) is 16.8. The summed E-state index contributed by atoms with van der Waals surface area (Å²) in [6.07, 6.45) is 2.35. The molecule has 37 heavy (non-hydrogen) atoms. The van der Waals surface area contributed by atoms with Crippen LogP contribution in [0.5, 0.6) is 5.75 Å². The van der Waals surface area contributed by atoms with E-state index in [0.717, 1.165) is 18.4 Å². The standard InChI is InChI=1S/C29H40N4O4/c1-21(2)27(31-28(35)22(3)30)29(36)33-17-10-13-24(33)19-32(18-16-23-11-6-4-7-12-23)26(34)20-37-25-14-8-5-9-15-25/h4-9,11-12,14-15,21-22,24,27H,10,13,16-20,30H2,1-3H3,(H,31,35)/t22-,24-,27-/m0/s1. The van der Waals surface area contributed by atoms with Gasteiger partial charge in [-0.05, 0) is 49.8 Å². The molecule has 0 bridgehead atoms. The maximum atomic E-state index is 13.5. The first-order valence-electron chi connectivity index (χ1n) is 13.1. The molecule has 200 valence electrons. The third kappa shape index (κ3) is 8.32. The number of nitrogens with two attached hydrogens (primary N) is 1. The average molecular weight is 509 g/mol. The van der Waals surface area contributed by atoms with Crippen LogP contribution < -0.4 is 15.8 Å². The molecule has 8 nitrogen and oxygen atoms in total. The van der Waals surface area contributed by atoms with Gasteiger partial charge in [0.15, 0.2) is 6.61 Å². The van der Waals surface area contributed by atoms with Crippen molar-refractivity contribution in [2.75, 3.05) is 26.2 Å². The van der Waals surface area contributed by atoms with Crippen molar-refractivity contribution in [3.8, 4) is 5.75 Å². The van der Waals surface area contributed by atoms with Gasteiger partial charge in [0, 0.05) is 25.7 Å². The fourth-order valence-corrected chi connectivity index (χ4v) is 4.53. The molecule has 0 unspecified atom stereocenters. The predicted molar refractivity (Wildman–Crippen MR) is 144 cm³/mol. The zero-order valence-corrected chi connectivity index (χ0v) is 22.1. The molecule has 3 rings (SSSR count). The van der Waals surface area contributed by atoms with Crippen molar-refractivity contribution < 1.29 is 19.1 Å². The lowest BCUT2D eigenvalue weighted by Crippen LogP contribution is -2.56. The fraction of sp³-hybridized carbons (Fsp3) is 0.483. The highest BCUT2D eigenvalue weighted by Crippen LogP contribution is 2.22. The van der Waals surface area contributed by atoms with Gasteiger partial charge in [0.25, 0.3) is 5.91 Å². The van der Waals surface area contributed by atoms with Crippen LogP contribution >= 0.6 is 0 Å². The predicted octanol–water partition coefficient (Wildman–Crippen LogP) is 2.62. The summed E-state index contributed by atoms with van der Waals surface area (Å²) in [5.41, 5.74) is 6.86. The maximum Gasteiger partial charge on any atom is 0.260 e. The lowest BCUT2D eigenvalue weighted by atomic mass is 10.0. The number of carbonyl (C=O) groups is 3. The minimum absolute atomic E-state index is 0.0709. The van der Waals surface area contributed by atoms with Crippen LogP contribution in [-0.4, -0.2) is 71.9 Å². The van der Waals surface area contributed by atoms with Gasteiger partial charge < -0.3 is 25.6 Å². The lowest BCUT2D eigenvalue weighted by molar-refractivity contribution is -0.141. The van der Waals surface area contributed by atoms with Crippen molar-refractivity contribution in [1.82, 2.24) is 15.1 Å². The van der Waals surface area contributed by atoms with E-state index in [9.17, 15) is 14.4 Å². The van der Waals surface area contributed by atoms with Crippen LogP contribution in [-0.2, 0) is 20.8 Å². The fourth-order valence-electron chi connectivity index (χ4n) is 4.53. The van der Waals surface area contributed by atoms with E-state index in [0.29, 0.717) is 31.8 Å². The van der Waals surface area contributed by atoms with E-state index in [1.165, 1.54) is 0 Å². The summed E-state index contributed by atoms with van der Waals surface area (Å²) in [6, 6.07) is 17.8. The van der Waals surface area contributed by atoms with Crippen LogP contribution in [0, 0.1) is 5.92 Å². The van der Waals surface area contributed by atoms with Crippen molar-refractivity contribution >= 4 is 17.7 Å². The lowest BCUT2D eigenvalue weighted by Gasteiger charge is -2.34. The number of benzene rings is 2. The van der Waals surface area contributed by atoms with Gasteiger partial charge in [-0.2, -0.15) is 0 Å². The van der Waals surface area contributed by atoms with E-state index in [4.69, 9.17) is 10.5 Å². The summed E-state index contributed by atoms with van der Waals surface area (Å²) in [7, 11) is 0. The Morgan fingerprint density at radius 3 is 2.32 bits per heavy atom. The van der Waals surface area contributed by atoms with Crippen LogP contribution in [0.1, 0.15) is 39.2 Å². The number of carbonyl (C=O) groups excluding carboxylic acids is 3. The van der Waals surface area contributed by atoms with Crippen molar-refractivity contribution in [3.05, 3.63) is 66.2 Å². The molecule has 0 saturated carbocycles. The van der Waals surface area contributed by atoms with Gasteiger partial charge in [0.1, 0.15) is 11.8 Å². The Hall–Kier alpha value is -3.39. The van der Waals surface area contributed by atoms with Crippen LogP contribution in [0.3, 0.4) is 0 Å². The van der Waals surface area contributed by atoms with Gasteiger partial charge >= 0.3 is 0 Å². The van der Waals surface area contributed by atoms with Crippen LogP contribution in [0.4, 0.5) is 0 Å². The Morgan fingerprint density at radius 1 is 1.05 bits per heavy atom. The van der Waals surface area contributed by atoms with Crippen LogP contribution in [0.25, 0.3) is 0 Å². The van der Waals surface area contributed by atoms with E-state index in [2.05, 4.69) is 5.32 Å². The molecule has 3 amide bonds. The second-order valence-corrected chi connectivity index (χ2v) is 10.0. The van der Waals surface area contributed by atoms with E-state index in [-0.39, 0.29) is 36.3 Å². The molecule has 1 aliphatic heterocycles. The minimum Gasteiger partial charge on any atom is -0.484 e. The van der Waals surface area contributed by atoms with Crippen molar-refractivity contribution in [2.45, 2.75) is 58.2 Å². The monoisotopic (exact) mass is 508 g/mol. The molecule has 2 aromatic rings. The molecule has 1 aliphatic rings. The van der Waals surface area contributed by atoms with Gasteiger partial charge in [0.2, 0.25) is 11.8 Å². The van der Waals surface area contributed by atoms with E-state index < -0.39 is 12.1 Å². The number of nitrogens with one attached hydrogen (secondary N) is 1. The molecule has 3 N–H and O–H groups in total. The van der Waals surface area contributed by atoms with Gasteiger partial charge in [0.05, 0.1) is 6.04 Å². The van der Waals surface area contributed by atoms with Gasteiger partial charge in [-0.1, -0.05) is 62.4 Å². The second-order valence-electron chi connectivity index (χ2n) is 10.0. The Morgan fingerprint density at radius 2 is 1.70 bits per heavy atom. The molecule has 2 aromatic carbocycles. The summed E-state index contributed by atoms with van der Waals surface area (Å²) in [5, 5.41) is 2.82. The average Bonchev–Trinajstić information content (AvgIpc) is 3.36. The number of rotatable bonds is 12. The van der Waals surface area contributed by atoms with E-state index in [1.54, 1.807) is 11.8 Å². The molecule has 8 heteroatoms. The van der Waals surface area contributed by atoms with Crippen LogP contribution in [0.2, 0.25) is 0 Å². The smallest absolute Gasteiger partial charge is 0.260 e. The highest BCUT2D eigenvalue weighted by Gasteiger charge is 2.37. The Bertz CT molecular complexity index is 1010. The number of hydrogen-bond donors (Lipinski definition) is 2. The molecule has 1 heterocycles. The van der Waals surface area contributed by atoms with Crippen molar-refractivity contribution in [2.24, 2.45) is 11.7 Å². The van der Waals surface area contributed by atoms with E-state index >= 15 is 0 Å². The minimum atomic E-state index is -0.695. The molecule has 3 atom stereocenters. The number of hydrogen-bond acceptors (Lipinski definition) is 5. The Labute approximate surface area is 220 Å². The number of para-hydroxylation sites is 1. The first kappa shape index (κ1) is 28.2. The maximum absolute atomic E-state index is 13.5. The molecular formula is C29H40N4O4. The molecule has 0 radical (unpaired) electrons. The number of ether oxygens (including phenoxy) is 1. The Balaban J connectivity index is 1.71. The third-order valence-corrected chi connectivity index (χ3v) is 6.71. The topological polar surface area (TPSA) is 105 Å². The molecule has 0 aliphatic carbocycles. The first-order valence-corrected chi connectivity index (χ1v) is 13.1. The van der Waals surface area contributed by atoms with Crippen LogP contribution in [0.15, 0.2) is 60.7 Å². The van der Waals surface area contributed by atoms with E-state index in [1.807, 2.05) is 79.4 Å². The first-order chi connectivity index (χ1) is 17.8. The largest absolute Gasteiger partial charge is 0.484 e. The summed E-state index contributed by atoms with van der Waals surface area (Å²) < 4.78 is 5.74. The zero-order chi connectivity index (χ0) is 26.8. The third-order valence-electron chi connectivity index (χ3n) is 6.71. The molecule has 0 aromatic heterocycles. The molecular weight excluding hydrogens is 468 g/mol. The summed E-state index contributed by atoms with van der Waals surface area (Å²) in [5.74, 6) is -0.0412. The summed E-state index contributed by atoms with van der Waals surface area (Å²) in [4.78, 5) is 42.7. The van der Waals surface area contributed by atoms with Crippen molar-refractivity contribution in [3.63, 3.8) is 0 Å². The van der Waals surface area contributed by atoms with Gasteiger partial charge in [-0.25, -0.2) is 0 Å². The van der Waals surface area contributed by atoms with Crippen molar-refractivity contribution in [1.29, 1.82) is 0 Å². The Kier molecular flexibility index (Phi) is 10.5. The molecule has 1 fully saturated rings. The number of amides is 3. The molecule has 1 saturated heterocycles. The quantitative estimate of drug-likeness (QED) is 0.459. The summed E-state index contributed by atoms with van der Waals surface area (Å²) in [6.45, 7) is 6.89. The highest BCUT2D eigenvalue weighted by atomic mass is 16.5. The van der Waals surface area contributed by atoms with Gasteiger partial charge in [-0.15, -0.1) is 0 Å². The highest BCUT2D eigenvalue weighted by molar-refractivity contribution is 5.90. The number of nitrogens with zero attached hydrogens (tertiary/aromatic N) is 2. The second kappa shape index (κ2) is 13.8. The number of likely N-dealkylation sites (tertiary alicyclic amines) is 1. The zero-order valence-electron chi connectivity index (χ0n) is 22.1. The SMILES string of the molecule is CC(C)[C@H](NC(=O)[C@H](C)N)C(=O)N1CCC[C@H]1CN(CCc1ccccc1)C(=O)COc1ccccc1. The van der Waals surface area contributed by atoms with Gasteiger partial charge in [-0.3, -0.25) is 14.4 Å².